The van der Waals surface area contributed by atoms with Crippen LogP contribution in [0.15, 0.2) is 6.07 Å². The lowest BCUT2D eigenvalue weighted by Crippen LogP contribution is -2.49. The van der Waals surface area contributed by atoms with Crippen LogP contribution in [-0.2, 0) is 11.8 Å². The van der Waals surface area contributed by atoms with Gasteiger partial charge in [0.05, 0.1) is 10.3 Å². The Morgan fingerprint density at radius 1 is 1.47 bits per heavy atom. The first-order chi connectivity index (χ1) is 8.88. The minimum absolute atomic E-state index is 0.0869. The van der Waals surface area contributed by atoms with Gasteiger partial charge >= 0.3 is 5.15 Å². The lowest BCUT2D eigenvalue weighted by atomic mass is 9.90. The number of halogens is 1. The summed E-state index contributed by atoms with van der Waals surface area (Å²) in [5, 5.41) is 11.2. The number of hydrogen-bond acceptors (Lipinski definition) is 3. The van der Waals surface area contributed by atoms with Crippen molar-refractivity contribution < 1.29 is 14.5 Å². The molecule has 0 saturated heterocycles. The van der Waals surface area contributed by atoms with Crippen LogP contribution in [-0.4, -0.2) is 12.0 Å². The number of fused-ring (bicyclic) bond motifs is 1. The van der Waals surface area contributed by atoms with Crippen LogP contribution in [0.5, 0.6) is 0 Å². The SMILES string of the molecule is CC.CO[n+]1c(Cl)cc([N+](=O)[O-])c2c1C(C)(C)CC2. The summed E-state index contributed by atoms with van der Waals surface area (Å²) in [4.78, 5) is 15.9. The Balaban J connectivity index is 0.000000861. The lowest BCUT2D eigenvalue weighted by molar-refractivity contribution is -0.890. The van der Waals surface area contributed by atoms with Crippen molar-refractivity contribution in [3.8, 4) is 0 Å². The van der Waals surface area contributed by atoms with Gasteiger partial charge in [-0.2, -0.15) is 0 Å². The topological polar surface area (TPSA) is 56.2 Å². The Hall–Kier alpha value is -1.36. The summed E-state index contributed by atoms with van der Waals surface area (Å²) in [6, 6.07) is 1.35. The minimum atomic E-state index is -0.383. The van der Waals surface area contributed by atoms with Crippen LogP contribution in [0.1, 0.15) is 45.4 Å². The lowest BCUT2D eigenvalue weighted by Gasteiger charge is -2.14. The fourth-order valence-corrected chi connectivity index (χ4v) is 2.69. The molecule has 0 aliphatic heterocycles. The van der Waals surface area contributed by atoms with Crippen LogP contribution >= 0.6 is 11.6 Å². The predicted octanol–water partition coefficient (Wildman–Crippen LogP) is 2.84. The molecule has 19 heavy (non-hydrogen) atoms. The number of aromatic nitrogens is 1. The van der Waals surface area contributed by atoms with E-state index in [1.54, 1.807) is 0 Å². The number of hydrogen-bond donors (Lipinski definition) is 0. The molecular formula is C13H20ClN2O3+. The van der Waals surface area contributed by atoms with Crippen LogP contribution < -0.4 is 9.57 Å². The molecule has 0 saturated carbocycles. The first-order valence-corrected chi connectivity index (χ1v) is 6.73. The van der Waals surface area contributed by atoms with E-state index in [2.05, 4.69) is 0 Å². The molecule has 1 aromatic heterocycles. The van der Waals surface area contributed by atoms with Gasteiger partial charge in [-0.15, -0.1) is 0 Å². The van der Waals surface area contributed by atoms with Gasteiger partial charge in [0.15, 0.2) is 0 Å². The van der Waals surface area contributed by atoms with E-state index in [4.69, 9.17) is 16.4 Å². The van der Waals surface area contributed by atoms with E-state index in [9.17, 15) is 10.1 Å². The van der Waals surface area contributed by atoms with Gasteiger partial charge in [-0.3, -0.25) is 15.0 Å². The van der Waals surface area contributed by atoms with Gasteiger partial charge in [0.1, 0.15) is 18.7 Å². The van der Waals surface area contributed by atoms with Crippen molar-refractivity contribution in [3.05, 3.63) is 32.6 Å². The quantitative estimate of drug-likeness (QED) is 0.364. The molecule has 0 bridgehead atoms. The molecule has 1 aliphatic rings. The number of pyridine rings is 1. The van der Waals surface area contributed by atoms with Gasteiger partial charge in [-0.05, 0) is 38.3 Å². The Morgan fingerprint density at radius 3 is 2.53 bits per heavy atom. The Labute approximate surface area is 118 Å². The number of rotatable bonds is 2. The first-order valence-electron chi connectivity index (χ1n) is 6.35. The predicted molar refractivity (Wildman–Crippen MR) is 73.5 cm³/mol. The third kappa shape index (κ3) is 2.66. The second-order valence-corrected chi connectivity index (χ2v) is 5.18. The van der Waals surface area contributed by atoms with Crippen molar-refractivity contribution in [2.24, 2.45) is 0 Å². The maximum Gasteiger partial charge on any atom is 0.332 e. The molecule has 1 aromatic rings. The molecule has 0 radical (unpaired) electrons. The zero-order valence-electron chi connectivity index (χ0n) is 12.0. The van der Waals surface area contributed by atoms with Gasteiger partial charge in [0, 0.05) is 4.73 Å². The maximum atomic E-state index is 11.0. The highest BCUT2D eigenvalue weighted by molar-refractivity contribution is 6.28. The molecule has 0 atom stereocenters. The molecule has 1 aliphatic carbocycles. The van der Waals surface area contributed by atoms with Crippen molar-refractivity contribution in [1.29, 1.82) is 0 Å². The molecule has 0 fully saturated rings. The fraction of sp³-hybridized carbons (Fsp3) is 0.615. The van der Waals surface area contributed by atoms with Crippen LogP contribution in [0.4, 0.5) is 5.69 Å². The molecular weight excluding hydrogens is 268 g/mol. The average Bonchev–Trinajstić information content (AvgIpc) is 2.68. The third-order valence-corrected chi connectivity index (χ3v) is 3.53. The monoisotopic (exact) mass is 287 g/mol. The van der Waals surface area contributed by atoms with Crippen molar-refractivity contribution in [1.82, 2.24) is 0 Å². The van der Waals surface area contributed by atoms with Crippen molar-refractivity contribution in [2.75, 3.05) is 7.11 Å². The Bertz CT molecular complexity index is 501. The summed E-state index contributed by atoms with van der Waals surface area (Å²) in [6.45, 7) is 8.07. The first kappa shape index (κ1) is 15.7. The molecule has 6 heteroatoms. The van der Waals surface area contributed by atoms with Crippen LogP contribution in [0.25, 0.3) is 0 Å². The Kier molecular flexibility index (Phi) is 4.74. The van der Waals surface area contributed by atoms with Gasteiger partial charge in [-0.25, -0.2) is 0 Å². The second kappa shape index (κ2) is 5.74. The van der Waals surface area contributed by atoms with Crippen LogP contribution in [0, 0.1) is 10.1 Å². The molecule has 106 valence electrons. The zero-order valence-corrected chi connectivity index (χ0v) is 12.7. The highest BCUT2D eigenvalue weighted by Crippen LogP contribution is 2.40. The van der Waals surface area contributed by atoms with Gasteiger partial charge in [-0.1, -0.05) is 13.8 Å². The normalized spacial score (nSPS) is 15.3. The molecule has 0 unspecified atom stereocenters. The van der Waals surface area contributed by atoms with Crippen LogP contribution in [0.2, 0.25) is 5.15 Å². The maximum absolute atomic E-state index is 11.0. The van der Waals surface area contributed by atoms with Gasteiger partial charge in [0.25, 0.3) is 11.4 Å². The minimum Gasteiger partial charge on any atom is -0.273 e. The molecule has 0 N–H and O–H groups in total. The van der Waals surface area contributed by atoms with Gasteiger partial charge in [0.2, 0.25) is 0 Å². The number of nitrogens with zero attached hydrogens (tertiary/aromatic N) is 2. The van der Waals surface area contributed by atoms with E-state index >= 15 is 0 Å². The van der Waals surface area contributed by atoms with E-state index in [0.717, 1.165) is 17.7 Å². The van der Waals surface area contributed by atoms with Gasteiger partial charge < -0.3 is 0 Å². The van der Waals surface area contributed by atoms with E-state index in [1.807, 2.05) is 27.7 Å². The van der Waals surface area contributed by atoms with E-state index < -0.39 is 0 Å². The summed E-state index contributed by atoms with van der Waals surface area (Å²) < 4.78 is 1.48. The summed E-state index contributed by atoms with van der Waals surface area (Å²) in [7, 11) is 1.51. The Morgan fingerprint density at radius 2 is 2.05 bits per heavy atom. The average molecular weight is 288 g/mol. The second-order valence-electron chi connectivity index (χ2n) is 4.80. The summed E-state index contributed by atoms with van der Waals surface area (Å²) in [6.07, 6.45) is 1.53. The van der Waals surface area contributed by atoms with E-state index in [1.165, 1.54) is 17.9 Å². The summed E-state index contributed by atoms with van der Waals surface area (Å²) in [5.74, 6) is 0. The van der Waals surface area contributed by atoms with Crippen LogP contribution in [0.3, 0.4) is 0 Å². The fourth-order valence-electron chi connectivity index (χ4n) is 2.44. The highest BCUT2D eigenvalue weighted by Gasteiger charge is 2.46. The van der Waals surface area contributed by atoms with Crippen molar-refractivity contribution in [3.63, 3.8) is 0 Å². The molecule has 5 nitrogen and oxygen atoms in total. The third-order valence-electron chi connectivity index (χ3n) is 3.27. The molecule has 0 spiro atoms. The smallest absolute Gasteiger partial charge is 0.273 e. The molecule has 0 amide bonds. The van der Waals surface area contributed by atoms with E-state index in [0.29, 0.717) is 6.42 Å². The zero-order chi connectivity index (χ0) is 14.8. The largest absolute Gasteiger partial charge is 0.332 e. The summed E-state index contributed by atoms with van der Waals surface area (Å²) >= 11 is 6.02. The van der Waals surface area contributed by atoms with E-state index in [-0.39, 0.29) is 21.2 Å². The standard InChI is InChI=1S/C11H14ClN2O3.C2H6/c1-11(2)5-4-7-8(14(15)16)6-9(12)13(17-3)10(7)11;1-2/h6H,4-5H2,1-3H3;1-2H3/q+1;. The molecule has 0 aromatic carbocycles. The summed E-state index contributed by atoms with van der Waals surface area (Å²) in [5.41, 5.74) is 1.45. The molecule has 1 heterocycles. The van der Waals surface area contributed by atoms with Crippen molar-refractivity contribution in [2.45, 2.75) is 46.0 Å². The number of nitro groups is 1. The van der Waals surface area contributed by atoms with Crippen molar-refractivity contribution >= 4 is 17.3 Å². The highest BCUT2D eigenvalue weighted by atomic mass is 35.5. The molecule has 2 rings (SSSR count).